The zero-order chi connectivity index (χ0) is 13.8. The van der Waals surface area contributed by atoms with Crippen molar-refractivity contribution in [2.45, 2.75) is 77.2 Å². The van der Waals surface area contributed by atoms with Crippen LogP contribution in [0.1, 0.15) is 79.6 Å². The average Bonchev–Trinajstić information content (AvgIpc) is 2.71. The van der Waals surface area contributed by atoms with E-state index >= 15 is 0 Å². The summed E-state index contributed by atoms with van der Waals surface area (Å²) in [6.45, 7) is 3.36. The molecule has 1 aromatic rings. The topological polar surface area (TPSA) is 12.0 Å². The fourth-order valence-corrected chi connectivity index (χ4v) is 5.46. The van der Waals surface area contributed by atoms with Gasteiger partial charge in [-0.25, -0.2) is 0 Å². The average molecular weight is 292 g/mol. The minimum atomic E-state index is 0.633. The summed E-state index contributed by atoms with van der Waals surface area (Å²) < 4.78 is 0. The van der Waals surface area contributed by atoms with E-state index in [-0.39, 0.29) is 0 Å². The molecule has 2 aliphatic rings. The van der Waals surface area contributed by atoms with Crippen LogP contribution < -0.4 is 5.32 Å². The Morgan fingerprint density at radius 3 is 2.55 bits per heavy atom. The second kappa shape index (κ2) is 7.09. The third-order valence-electron chi connectivity index (χ3n) is 5.12. The van der Waals surface area contributed by atoms with Gasteiger partial charge in [0.05, 0.1) is 0 Å². The molecule has 0 aliphatic heterocycles. The first-order valence-electron chi connectivity index (χ1n) is 8.73. The number of rotatable bonds is 4. The van der Waals surface area contributed by atoms with Crippen LogP contribution in [0.15, 0.2) is 6.07 Å². The van der Waals surface area contributed by atoms with Crippen molar-refractivity contribution in [1.29, 1.82) is 0 Å². The molecule has 0 aromatic carbocycles. The standard InChI is InChI=1S/C18H29NS/c1-2-19-18(14-9-5-3-4-6-10-14)17-13-15-11-7-8-12-16(15)20-17/h13-14,18-19H,2-12H2,1H3. The Hall–Kier alpha value is -0.340. The van der Waals surface area contributed by atoms with E-state index in [0.717, 1.165) is 12.5 Å². The summed E-state index contributed by atoms with van der Waals surface area (Å²) in [5.74, 6) is 0.873. The normalized spacial score (nSPS) is 22.2. The molecule has 0 amide bonds. The van der Waals surface area contributed by atoms with Gasteiger partial charge in [0.15, 0.2) is 0 Å². The van der Waals surface area contributed by atoms with E-state index in [9.17, 15) is 0 Å². The third kappa shape index (κ3) is 3.28. The molecule has 112 valence electrons. The maximum absolute atomic E-state index is 3.82. The van der Waals surface area contributed by atoms with Crippen LogP contribution in [0.3, 0.4) is 0 Å². The monoisotopic (exact) mass is 291 g/mol. The van der Waals surface area contributed by atoms with Crippen molar-refractivity contribution in [3.05, 3.63) is 21.4 Å². The number of nitrogens with one attached hydrogen (secondary N) is 1. The van der Waals surface area contributed by atoms with Gasteiger partial charge in [0.1, 0.15) is 0 Å². The highest BCUT2D eigenvalue weighted by atomic mass is 32.1. The molecule has 1 saturated carbocycles. The molecule has 1 atom stereocenters. The van der Waals surface area contributed by atoms with Crippen molar-refractivity contribution in [2.75, 3.05) is 6.54 Å². The molecule has 3 rings (SSSR count). The summed E-state index contributed by atoms with van der Waals surface area (Å²) in [5.41, 5.74) is 1.67. The van der Waals surface area contributed by atoms with Crippen molar-refractivity contribution in [3.63, 3.8) is 0 Å². The van der Waals surface area contributed by atoms with Gasteiger partial charge in [-0.1, -0.05) is 32.6 Å². The second-order valence-corrected chi connectivity index (χ2v) is 7.76. The van der Waals surface area contributed by atoms with Crippen LogP contribution in [0.25, 0.3) is 0 Å². The van der Waals surface area contributed by atoms with Gasteiger partial charge in [-0.05, 0) is 62.6 Å². The predicted octanol–water partition coefficient (Wildman–Crippen LogP) is 5.25. The van der Waals surface area contributed by atoms with Crippen molar-refractivity contribution in [1.82, 2.24) is 5.32 Å². The highest BCUT2D eigenvalue weighted by Crippen LogP contribution is 2.39. The Balaban J connectivity index is 1.79. The van der Waals surface area contributed by atoms with E-state index < -0.39 is 0 Å². The van der Waals surface area contributed by atoms with Gasteiger partial charge in [0.2, 0.25) is 0 Å². The van der Waals surface area contributed by atoms with Crippen LogP contribution in [-0.2, 0) is 12.8 Å². The number of fused-ring (bicyclic) bond motifs is 1. The molecule has 0 saturated heterocycles. The summed E-state index contributed by atoms with van der Waals surface area (Å²) in [5, 5.41) is 3.82. The molecule has 1 fully saturated rings. The van der Waals surface area contributed by atoms with Crippen LogP contribution in [0.2, 0.25) is 0 Å². The van der Waals surface area contributed by atoms with Gasteiger partial charge in [-0.15, -0.1) is 11.3 Å². The number of hydrogen-bond acceptors (Lipinski definition) is 2. The summed E-state index contributed by atoms with van der Waals surface area (Å²) in [4.78, 5) is 3.34. The maximum Gasteiger partial charge on any atom is 0.0443 e. The van der Waals surface area contributed by atoms with E-state index in [1.54, 1.807) is 15.3 Å². The van der Waals surface area contributed by atoms with Gasteiger partial charge >= 0.3 is 0 Å². The maximum atomic E-state index is 3.82. The van der Waals surface area contributed by atoms with Crippen LogP contribution in [0.5, 0.6) is 0 Å². The molecular formula is C18H29NS. The molecule has 1 heterocycles. The molecular weight excluding hydrogens is 262 g/mol. The van der Waals surface area contributed by atoms with Crippen molar-refractivity contribution in [3.8, 4) is 0 Å². The molecule has 1 nitrogen and oxygen atoms in total. The first-order chi connectivity index (χ1) is 9.88. The molecule has 2 heteroatoms. The SMILES string of the molecule is CCNC(c1cc2c(s1)CCCC2)C1CCCCCC1. The fourth-order valence-electron chi connectivity index (χ4n) is 4.03. The van der Waals surface area contributed by atoms with Gasteiger partial charge in [0.25, 0.3) is 0 Å². The summed E-state index contributed by atoms with van der Waals surface area (Å²) in [7, 11) is 0. The number of thiophene rings is 1. The van der Waals surface area contributed by atoms with E-state index in [2.05, 4.69) is 29.6 Å². The number of hydrogen-bond donors (Lipinski definition) is 1. The fraction of sp³-hybridized carbons (Fsp3) is 0.778. The molecule has 20 heavy (non-hydrogen) atoms. The lowest BCUT2D eigenvalue weighted by atomic mass is 9.90. The smallest absolute Gasteiger partial charge is 0.0443 e. The van der Waals surface area contributed by atoms with E-state index in [1.165, 1.54) is 64.2 Å². The minimum absolute atomic E-state index is 0.633. The Labute approximate surface area is 128 Å². The Morgan fingerprint density at radius 1 is 1.10 bits per heavy atom. The van der Waals surface area contributed by atoms with Crippen LogP contribution in [-0.4, -0.2) is 6.54 Å². The van der Waals surface area contributed by atoms with Gasteiger partial charge < -0.3 is 5.32 Å². The Bertz CT molecular complexity index is 392. The molecule has 1 unspecified atom stereocenters. The lowest BCUT2D eigenvalue weighted by Gasteiger charge is -2.26. The molecule has 1 aromatic heterocycles. The second-order valence-electron chi connectivity index (χ2n) is 6.59. The minimum Gasteiger partial charge on any atom is -0.309 e. The van der Waals surface area contributed by atoms with Crippen LogP contribution in [0.4, 0.5) is 0 Å². The Morgan fingerprint density at radius 2 is 1.85 bits per heavy atom. The molecule has 1 N–H and O–H groups in total. The predicted molar refractivity (Wildman–Crippen MR) is 88.6 cm³/mol. The first-order valence-corrected chi connectivity index (χ1v) is 9.55. The quantitative estimate of drug-likeness (QED) is 0.747. The van der Waals surface area contributed by atoms with Crippen LogP contribution in [0, 0.1) is 5.92 Å². The molecule has 0 radical (unpaired) electrons. The molecule has 2 aliphatic carbocycles. The Kier molecular flexibility index (Phi) is 5.17. The van der Waals surface area contributed by atoms with Gasteiger partial charge in [-0.2, -0.15) is 0 Å². The largest absolute Gasteiger partial charge is 0.309 e. The van der Waals surface area contributed by atoms with E-state index in [1.807, 2.05) is 0 Å². The lowest BCUT2D eigenvalue weighted by Crippen LogP contribution is -2.27. The lowest BCUT2D eigenvalue weighted by molar-refractivity contribution is 0.334. The van der Waals surface area contributed by atoms with E-state index in [4.69, 9.17) is 0 Å². The first kappa shape index (κ1) is 14.6. The zero-order valence-corrected chi connectivity index (χ0v) is 13.7. The van der Waals surface area contributed by atoms with E-state index in [0.29, 0.717) is 6.04 Å². The zero-order valence-electron chi connectivity index (χ0n) is 12.9. The summed E-state index contributed by atoms with van der Waals surface area (Å²) >= 11 is 2.12. The summed E-state index contributed by atoms with van der Waals surface area (Å²) in [6.07, 6.45) is 14.1. The highest BCUT2D eigenvalue weighted by molar-refractivity contribution is 7.12. The molecule has 0 spiro atoms. The molecule has 0 bridgehead atoms. The highest BCUT2D eigenvalue weighted by Gasteiger charge is 2.26. The summed E-state index contributed by atoms with van der Waals surface area (Å²) in [6, 6.07) is 3.19. The van der Waals surface area contributed by atoms with Crippen molar-refractivity contribution >= 4 is 11.3 Å². The van der Waals surface area contributed by atoms with Gasteiger partial charge in [0, 0.05) is 15.8 Å². The van der Waals surface area contributed by atoms with Crippen molar-refractivity contribution in [2.24, 2.45) is 5.92 Å². The van der Waals surface area contributed by atoms with Crippen molar-refractivity contribution < 1.29 is 0 Å². The van der Waals surface area contributed by atoms with Gasteiger partial charge in [-0.3, -0.25) is 0 Å². The third-order valence-corrected chi connectivity index (χ3v) is 6.44. The number of aryl methyl sites for hydroxylation is 2. The van der Waals surface area contributed by atoms with Crippen LogP contribution >= 0.6 is 11.3 Å².